The smallest absolute Gasteiger partial charge is 0.389 e. The van der Waals surface area contributed by atoms with E-state index in [1.54, 1.807) is 51.1 Å². The summed E-state index contributed by atoms with van der Waals surface area (Å²) in [4.78, 5) is 35.7. The van der Waals surface area contributed by atoms with Crippen molar-refractivity contribution in [3.8, 4) is 5.75 Å². The van der Waals surface area contributed by atoms with E-state index in [2.05, 4.69) is 0 Å². The van der Waals surface area contributed by atoms with E-state index in [1.165, 1.54) is 6.08 Å². The van der Waals surface area contributed by atoms with E-state index >= 15 is 0 Å². The van der Waals surface area contributed by atoms with Crippen LogP contribution in [0.5, 0.6) is 5.75 Å². The minimum absolute atomic E-state index is 0.357. The topological polar surface area (TPSA) is 78.9 Å². The normalized spacial score (nSPS) is 19.2. The molecule has 0 atom stereocenters. The van der Waals surface area contributed by atoms with Crippen LogP contribution in [0, 0.1) is 5.92 Å². The Kier molecular flexibility index (Phi) is 9.07. The summed E-state index contributed by atoms with van der Waals surface area (Å²) in [5.74, 6) is -1.76. The minimum atomic E-state index is -4.40. The summed E-state index contributed by atoms with van der Waals surface area (Å²) in [6, 6.07) is 6.61. The average Bonchev–Trinajstić information content (AvgIpc) is 2.70. The highest BCUT2D eigenvalue weighted by Gasteiger charge is 2.32. The zero-order valence-corrected chi connectivity index (χ0v) is 18.9. The maximum absolute atomic E-state index is 12.4. The molecule has 0 spiro atoms. The maximum Gasteiger partial charge on any atom is 0.389 e. The van der Waals surface area contributed by atoms with Crippen molar-refractivity contribution < 1.29 is 41.8 Å². The summed E-state index contributed by atoms with van der Waals surface area (Å²) in [6.45, 7) is 5.33. The summed E-state index contributed by atoms with van der Waals surface area (Å²) in [7, 11) is 0. The molecule has 182 valence electrons. The van der Waals surface area contributed by atoms with Crippen LogP contribution < -0.4 is 4.74 Å². The highest BCUT2D eigenvalue weighted by atomic mass is 19.4. The fraction of sp³-hybridized carbons (Fsp3) is 0.542. The molecular weight excluding hydrogens is 441 g/mol. The summed E-state index contributed by atoms with van der Waals surface area (Å²) < 4.78 is 52.2. The highest BCUT2D eigenvalue weighted by molar-refractivity contribution is 5.87. The van der Waals surface area contributed by atoms with Gasteiger partial charge in [0.05, 0.1) is 18.8 Å². The molecule has 9 heteroatoms. The molecule has 33 heavy (non-hydrogen) atoms. The first-order valence-electron chi connectivity index (χ1n) is 10.8. The first-order valence-corrected chi connectivity index (χ1v) is 10.8. The third kappa shape index (κ3) is 10.5. The molecular formula is C24H29F3O6. The largest absolute Gasteiger partial charge is 0.462 e. The zero-order chi connectivity index (χ0) is 24.6. The first-order chi connectivity index (χ1) is 15.3. The van der Waals surface area contributed by atoms with Crippen LogP contribution in [-0.4, -0.2) is 35.8 Å². The Morgan fingerprint density at radius 3 is 2.15 bits per heavy atom. The van der Waals surface area contributed by atoms with Gasteiger partial charge in [-0.05, 0) is 70.2 Å². The fourth-order valence-corrected chi connectivity index (χ4v) is 3.25. The van der Waals surface area contributed by atoms with Crippen LogP contribution in [0.2, 0.25) is 0 Å². The van der Waals surface area contributed by atoms with Gasteiger partial charge in [-0.25, -0.2) is 4.79 Å². The summed E-state index contributed by atoms with van der Waals surface area (Å²) in [5, 5.41) is 0. The quantitative estimate of drug-likeness (QED) is 0.302. The highest BCUT2D eigenvalue weighted by Crippen LogP contribution is 2.29. The van der Waals surface area contributed by atoms with Gasteiger partial charge in [0.1, 0.15) is 17.5 Å². The number of hydrogen-bond acceptors (Lipinski definition) is 6. The molecule has 0 heterocycles. The van der Waals surface area contributed by atoms with E-state index < -0.39 is 48.6 Å². The Hall–Kier alpha value is -2.84. The van der Waals surface area contributed by atoms with E-state index in [4.69, 9.17) is 14.2 Å². The van der Waals surface area contributed by atoms with Gasteiger partial charge in [-0.1, -0.05) is 12.1 Å². The monoisotopic (exact) mass is 470 g/mol. The van der Waals surface area contributed by atoms with Crippen LogP contribution in [0.25, 0.3) is 6.08 Å². The molecule has 0 unspecified atom stereocenters. The van der Waals surface area contributed by atoms with Gasteiger partial charge in [0.15, 0.2) is 0 Å². The SMILES string of the molecule is CC(C)(C)OC(=O)/C=C/c1ccc(OC(=O)C2CCC(OC(=O)CCC(F)(F)F)CC2)cc1. The molecule has 1 aliphatic rings. The Bertz CT molecular complexity index is 844. The number of carbonyl (C=O) groups is 3. The minimum Gasteiger partial charge on any atom is -0.462 e. The van der Waals surface area contributed by atoms with Crippen molar-refractivity contribution in [2.24, 2.45) is 5.92 Å². The standard InChI is InChI=1S/C24H29F3O6/c1-23(2,3)33-21(29)13-6-16-4-9-19(10-5-16)32-22(30)17-7-11-18(12-8-17)31-20(28)14-15-24(25,26)27/h4-6,9-10,13,17-18H,7-8,11-12,14-15H2,1-3H3/b13-6+. The number of rotatable bonds is 7. The van der Waals surface area contributed by atoms with E-state index in [0.29, 0.717) is 31.4 Å². The maximum atomic E-state index is 12.4. The van der Waals surface area contributed by atoms with Crippen molar-refractivity contribution in [1.29, 1.82) is 0 Å². The van der Waals surface area contributed by atoms with Crippen molar-refractivity contribution in [3.63, 3.8) is 0 Å². The number of ether oxygens (including phenoxy) is 3. The number of alkyl halides is 3. The Balaban J connectivity index is 1.76. The zero-order valence-electron chi connectivity index (χ0n) is 18.9. The average molecular weight is 470 g/mol. The molecule has 0 aromatic heterocycles. The van der Waals surface area contributed by atoms with Gasteiger partial charge in [-0.2, -0.15) is 13.2 Å². The summed E-state index contributed by atoms with van der Waals surface area (Å²) in [5.41, 5.74) is 0.154. The van der Waals surface area contributed by atoms with Crippen LogP contribution in [0.1, 0.15) is 64.9 Å². The molecule has 1 aromatic carbocycles. The molecule has 1 fully saturated rings. The van der Waals surface area contributed by atoms with Crippen LogP contribution in [0.15, 0.2) is 30.3 Å². The summed E-state index contributed by atoms with van der Waals surface area (Å²) in [6.07, 6.45) is -2.23. The van der Waals surface area contributed by atoms with E-state index in [1.807, 2.05) is 0 Å². The number of hydrogen-bond donors (Lipinski definition) is 0. The number of benzene rings is 1. The summed E-state index contributed by atoms with van der Waals surface area (Å²) >= 11 is 0. The molecule has 2 rings (SSSR count). The molecule has 0 saturated heterocycles. The molecule has 0 N–H and O–H groups in total. The second-order valence-corrected chi connectivity index (χ2v) is 8.94. The Labute approximate surface area is 191 Å². The van der Waals surface area contributed by atoms with E-state index in [0.717, 1.165) is 5.56 Å². The lowest BCUT2D eigenvalue weighted by Gasteiger charge is -2.27. The second kappa shape index (κ2) is 11.3. The molecule has 0 aliphatic heterocycles. The van der Waals surface area contributed by atoms with E-state index in [-0.39, 0.29) is 5.92 Å². The Morgan fingerprint density at radius 2 is 1.61 bits per heavy atom. The van der Waals surface area contributed by atoms with Crippen molar-refractivity contribution >= 4 is 24.0 Å². The molecule has 1 saturated carbocycles. The molecule has 1 aliphatic carbocycles. The van der Waals surface area contributed by atoms with Crippen molar-refractivity contribution in [2.75, 3.05) is 0 Å². The van der Waals surface area contributed by atoms with Crippen LogP contribution in [-0.2, 0) is 23.9 Å². The fourth-order valence-electron chi connectivity index (χ4n) is 3.25. The van der Waals surface area contributed by atoms with Gasteiger partial charge in [-0.15, -0.1) is 0 Å². The van der Waals surface area contributed by atoms with Gasteiger partial charge >= 0.3 is 24.1 Å². The van der Waals surface area contributed by atoms with Gasteiger partial charge in [0, 0.05) is 6.08 Å². The number of esters is 3. The second-order valence-electron chi connectivity index (χ2n) is 8.94. The van der Waals surface area contributed by atoms with Gasteiger partial charge in [0.2, 0.25) is 0 Å². The third-order valence-corrected chi connectivity index (χ3v) is 4.84. The third-order valence-electron chi connectivity index (χ3n) is 4.84. The van der Waals surface area contributed by atoms with Crippen molar-refractivity contribution in [2.45, 2.75) is 77.2 Å². The number of halogens is 3. The molecule has 1 aromatic rings. The van der Waals surface area contributed by atoms with Gasteiger partial charge in [-0.3, -0.25) is 9.59 Å². The van der Waals surface area contributed by atoms with Gasteiger partial charge < -0.3 is 14.2 Å². The molecule has 0 bridgehead atoms. The molecule has 0 radical (unpaired) electrons. The number of carbonyl (C=O) groups excluding carboxylic acids is 3. The molecule has 6 nitrogen and oxygen atoms in total. The lowest BCUT2D eigenvalue weighted by atomic mass is 9.87. The lowest BCUT2D eigenvalue weighted by Crippen LogP contribution is -2.30. The van der Waals surface area contributed by atoms with Crippen molar-refractivity contribution in [3.05, 3.63) is 35.9 Å². The predicted molar refractivity (Wildman–Crippen MR) is 114 cm³/mol. The van der Waals surface area contributed by atoms with E-state index in [9.17, 15) is 27.6 Å². The van der Waals surface area contributed by atoms with Crippen LogP contribution >= 0.6 is 0 Å². The predicted octanol–water partition coefficient (Wildman–Crippen LogP) is 5.39. The van der Waals surface area contributed by atoms with Crippen LogP contribution in [0.4, 0.5) is 13.2 Å². The van der Waals surface area contributed by atoms with Crippen LogP contribution in [0.3, 0.4) is 0 Å². The van der Waals surface area contributed by atoms with Gasteiger partial charge in [0.25, 0.3) is 0 Å². The van der Waals surface area contributed by atoms with Crippen molar-refractivity contribution in [1.82, 2.24) is 0 Å². The Morgan fingerprint density at radius 1 is 1.00 bits per heavy atom. The lowest BCUT2D eigenvalue weighted by molar-refractivity contribution is -0.163. The first kappa shape index (κ1) is 26.4. The molecule has 0 amide bonds.